The summed E-state index contributed by atoms with van der Waals surface area (Å²) in [6.07, 6.45) is 8.64. The normalized spacial score (nSPS) is 24.8. The first-order valence-corrected chi connectivity index (χ1v) is 8.34. The molecule has 0 spiro atoms. The van der Waals surface area contributed by atoms with Gasteiger partial charge in [-0.3, -0.25) is 4.79 Å². The lowest BCUT2D eigenvalue weighted by molar-refractivity contribution is 0.229. The molecule has 0 bridgehead atoms. The minimum Gasteiger partial charge on any atom is -0.377 e. The fourth-order valence-corrected chi connectivity index (χ4v) is 3.48. The average molecular weight is 310 g/mol. The molecule has 1 N–H and O–H groups in total. The van der Waals surface area contributed by atoms with Gasteiger partial charge in [0.25, 0.3) is 5.56 Å². The van der Waals surface area contributed by atoms with E-state index < -0.39 is 0 Å². The molecule has 116 valence electrons. The van der Waals surface area contributed by atoms with Gasteiger partial charge < -0.3 is 5.32 Å². The van der Waals surface area contributed by atoms with Gasteiger partial charge in [0.05, 0.1) is 11.2 Å². The molecule has 0 aromatic carbocycles. The summed E-state index contributed by atoms with van der Waals surface area (Å²) in [7, 11) is 0. The van der Waals surface area contributed by atoms with Crippen LogP contribution in [0.4, 0.5) is 5.69 Å². The number of hydrogen-bond donors (Lipinski definition) is 1. The largest absolute Gasteiger partial charge is 0.377 e. The average Bonchev–Trinajstić information content (AvgIpc) is 3.21. The number of nitrogens with zero attached hydrogens (tertiary/aromatic N) is 2. The Balaban J connectivity index is 1.79. The maximum absolute atomic E-state index is 12.5. The standard InChI is InChI=1S/C16H24ClN3O/c1-16(2)7-3-4-12(8-16)19-14-13(17)9-18-20(15(14)21)10-11-5-6-11/h9,11-12,19H,3-8,10H2,1-2H3. The lowest BCUT2D eigenvalue weighted by Crippen LogP contribution is -2.35. The van der Waals surface area contributed by atoms with Crippen molar-refractivity contribution in [2.75, 3.05) is 5.32 Å². The highest BCUT2D eigenvalue weighted by molar-refractivity contribution is 6.33. The first-order chi connectivity index (χ1) is 9.94. The van der Waals surface area contributed by atoms with E-state index in [0.717, 1.165) is 19.4 Å². The third-order valence-electron chi connectivity index (χ3n) is 4.68. The molecule has 1 heterocycles. The Kier molecular flexibility index (Phi) is 4.00. The first kappa shape index (κ1) is 14.9. The molecule has 0 aliphatic heterocycles. The van der Waals surface area contributed by atoms with Crippen molar-refractivity contribution in [3.05, 3.63) is 21.6 Å². The van der Waals surface area contributed by atoms with Gasteiger partial charge in [0.15, 0.2) is 0 Å². The SMILES string of the molecule is CC1(C)CCCC(Nc2c(Cl)cnn(CC3CC3)c2=O)C1. The molecule has 3 rings (SSSR count). The first-order valence-electron chi connectivity index (χ1n) is 7.97. The lowest BCUT2D eigenvalue weighted by atomic mass is 9.75. The van der Waals surface area contributed by atoms with Crippen LogP contribution < -0.4 is 10.9 Å². The number of halogens is 1. The van der Waals surface area contributed by atoms with E-state index in [0.29, 0.717) is 28.1 Å². The zero-order chi connectivity index (χ0) is 15.0. The summed E-state index contributed by atoms with van der Waals surface area (Å²) >= 11 is 6.21. The summed E-state index contributed by atoms with van der Waals surface area (Å²) < 4.78 is 1.57. The molecule has 21 heavy (non-hydrogen) atoms. The van der Waals surface area contributed by atoms with Gasteiger partial charge in [-0.2, -0.15) is 5.10 Å². The molecule has 2 aliphatic rings. The zero-order valence-corrected chi connectivity index (χ0v) is 13.6. The van der Waals surface area contributed by atoms with E-state index in [1.807, 2.05) is 0 Å². The van der Waals surface area contributed by atoms with Crippen LogP contribution in [0.3, 0.4) is 0 Å². The smallest absolute Gasteiger partial charge is 0.291 e. The molecule has 2 saturated carbocycles. The minimum atomic E-state index is -0.0715. The summed E-state index contributed by atoms with van der Waals surface area (Å²) in [5.74, 6) is 0.623. The third-order valence-corrected chi connectivity index (χ3v) is 4.97. The molecule has 0 amide bonds. The number of hydrogen-bond acceptors (Lipinski definition) is 3. The predicted octanol–water partition coefficient (Wildman–Crippen LogP) is 3.69. The molecule has 0 saturated heterocycles. The van der Waals surface area contributed by atoms with Crippen LogP contribution in [-0.4, -0.2) is 15.8 Å². The van der Waals surface area contributed by atoms with Gasteiger partial charge in [-0.1, -0.05) is 31.9 Å². The molecule has 1 aromatic heterocycles. The van der Waals surface area contributed by atoms with Gasteiger partial charge in [-0.25, -0.2) is 4.68 Å². The van der Waals surface area contributed by atoms with Crippen molar-refractivity contribution < 1.29 is 0 Å². The molecule has 4 nitrogen and oxygen atoms in total. The van der Waals surface area contributed by atoms with E-state index in [4.69, 9.17) is 11.6 Å². The predicted molar refractivity (Wildman–Crippen MR) is 85.9 cm³/mol. The summed E-state index contributed by atoms with van der Waals surface area (Å²) in [5, 5.41) is 8.01. The highest BCUT2D eigenvalue weighted by Gasteiger charge is 2.29. The van der Waals surface area contributed by atoms with E-state index in [-0.39, 0.29) is 5.56 Å². The second kappa shape index (κ2) is 5.64. The highest BCUT2D eigenvalue weighted by Crippen LogP contribution is 2.36. The van der Waals surface area contributed by atoms with E-state index >= 15 is 0 Å². The molecule has 2 aliphatic carbocycles. The van der Waals surface area contributed by atoms with Crippen LogP contribution in [-0.2, 0) is 6.54 Å². The van der Waals surface area contributed by atoms with Crippen molar-refractivity contribution in [2.45, 2.75) is 65.0 Å². The van der Waals surface area contributed by atoms with Crippen LogP contribution in [0.25, 0.3) is 0 Å². The minimum absolute atomic E-state index is 0.0715. The monoisotopic (exact) mass is 309 g/mol. The quantitative estimate of drug-likeness (QED) is 0.922. The zero-order valence-electron chi connectivity index (χ0n) is 12.9. The van der Waals surface area contributed by atoms with Crippen LogP contribution in [0.2, 0.25) is 5.02 Å². The number of nitrogens with one attached hydrogen (secondary N) is 1. The molecule has 1 atom stereocenters. The number of rotatable bonds is 4. The molecule has 2 fully saturated rings. The van der Waals surface area contributed by atoms with Gasteiger partial charge in [-0.15, -0.1) is 0 Å². The van der Waals surface area contributed by atoms with Gasteiger partial charge >= 0.3 is 0 Å². The third kappa shape index (κ3) is 3.60. The Morgan fingerprint density at radius 2 is 2.19 bits per heavy atom. The van der Waals surface area contributed by atoms with Crippen LogP contribution >= 0.6 is 11.6 Å². The van der Waals surface area contributed by atoms with E-state index in [1.54, 1.807) is 10.9 Å². The Labute approximate surface area is 130 Å². The highest BCUT2D eigenvalue weighted by atomic mass is 35.5. The Morgan fingerprint density at radius 3 is 2.86 bits per heavy atom. The van der Waals surface area contributed by atoms with Crippen LogP contribution in [0.5, 0.6) is 0 Å². The van der Waals surface area contributed by atoms with Gasteiger partial charge in [0.1, 0.15) is 5.69 Å². The van der Waals surface area contributed by atoms with Crippen molar-refractivity contribution in [3.63, 3.8) is 0 Å². The maximum Gasteiger partial charge on any atom is 0.291 e. The Hall–Kier alpha value is -1.03. The Morgan fingerprint density at radius 1 is 1.43 bits per heavy atom. The van der Waals surface area contributed by atoms with E-state index in [9.17, 15) is 4.79 Å². The van der Waals surface area contributed by atoms with E-state index in [2.05, 4.69) is 24.3 Å². The molecule has 1 aromatic rings. The summed E-state index contributed by atoms with van der Waals surface area (Å²) in [5.41, 5.74) is 0.801. The van der Waals surface area contributed by atoms with Gasteiger partial charge in [0.2, 0.25) is 0 Å². The second-order valence-corrected chi connectivity index (χ2v) is 7.81. The molecule has 5 heteroatoms. The fraction of sp³-hybridized carbons (Fsp3) is 0.750. The van der Waals surface area contributed by atoms with Crippen LogP contribution in [0.15, 0.2) is 11.0 Å². The number of aromatic nitrogens is 2. The lowest BCUT2D eigenvalue weighted by Gasteiger charge is -2.36. The van der Waals surface area contributed by atoms with Gasteiger partial charge in [-0.05, 0) is 43.4 Å². The molecule has 1 unspecified atom stereocenters. The molecular weight excluding hydrogens is 286 g/mol. The second-order valence-electron chi connectivity index (χ2n) is 7.40. The van der Waals surface area contributed by atoms with Crippen LogP contribution in [0.1, 0.15) is 52.4 Å². The topological polar surface area (TPSA) is 46.9 Å². The van der Waals surface area contributed by atoms with E-state index in [1.165, 1.54) is 25.7 Å². The van der Waals surface area contributed by atoms with Crippen LogP contribution in [0, 0.1) is 11.3 Å². The van der Waals surface area contributed by atoms with Crippen molar-refractivity contribution in [2.24, 2.45) is 11.3 Å². The fourth-order valence-electron chi connectivity index (χ4n) is 3.30. The summed E-state index contributed by atoms with van der Waals surface area (Å²) in [6.45, 7) is 5.31. The maximum atomic E-state index is 12.5. The summed E-state index contributed by atoms with van der Waals surface area (Å²) in [6, 6.07) is 0.329. The number of anilines is 1. The van der Waals surface area contributed by atoms with Crippen molar-refractivity contribution in [1.82, 2.24) is 9.78 Å². The summed E-state index contributed by atoms with van der Waals surface area (Å²) in [4.78, 5) is 12.5. The van der Waals surface area contributed by atoms with Crippen molar-refractivity contribution in [3.8, 4) is 0 Å². The van der Waals surface area contributed by atoms with Crippen molar-refractivity contribution >= 4 is 17.3 Å². The molecular formula is C16H24ClN3O. The molecule has 0 radical (unpaired) electrons. The Bertz CT molecular complexity index is 577. The van der Waals surface area contributed by atoms with Crippen molar-refractivity contribution in [1.29, 1.82) is 0 Å². The van der Waals surface area contributed by atoms with Gasteiger partial charge in [0, 0.05) is 12.6 Å².